The fourth-order valence-corrected chi connectivity index (χ4v) is 9.05. The average molecular weight is 927 g/mol. The smallest absolute Gasteiger partial charge is 0.328 e. The molecule has 0 radical (unpaired) electrons. The third kappa shape index (κ3) is 15.9. The normalized spacial score (nSPS) is 19.2. The van der Waals surface area contributed by atoms with Gasteiger partial charge in [-0.25, -0.2) is 9.78 Å². The monoisotopic (exact) mass is 926 g/mol. The van der Waals surface area contributed by atoms with Crippen LogP contribution in [0.15, 0.2) is 29.6 Å². The molecule has 360 valence electrons. The van der Waals surface area contributed by atoms with Crippen molar-refractivity contribution in [3.8, 4) is 5.75 Å². The molecule has 2 aliphatic rings. The van der Waals surface area contributed by atoms with Crippen molar-refractivity contribution in [3.63, 3.8) is 0 Å². The fraction of sp³-hybridized carbons (Fsp3) is 0.660. The van der Waals surface area contributed by atoms with Crippen molar-refractivity contribution in [1.82, 2.24) is 30.7 Å². The van der Waals surface area contributed by atoms with Gasteiger partial charge in [0.25, 0.3) is 5.91 Å². The molecule has 3 heterocycles. The molecule has 0 saturated carbocycles. The number of nitrogens with zero attached hydrogens (tertiary/aromatic N) is 3. The lowest BCUT2D eigenvalue weighted by Crippen LogP contribution is -2.59. The van der Waals surface area contributed by atoms with Crippen LogP contribution in [0.5, 0.6) is 5.75 Å². The molecule has 18 heteroatoms. The van der Waals surface area contributed by atoms with Crippen molar-refractivity contribution in [2.45, 2.75) is 155 Å². The Morgan fingerprint density at radius 2 is 1.71 bits per heavy atom. The number of esters is 3. The first-order chi connectivity index (χ1) is 30.9. The SMILES string of the molecule is CCCC(=O)OCN(C(=O)[C@@H](NC(=O)[C@H]1CCCCN1C)[C@@H](C)CC)[C@H](C[C@@H](OC(C)=O)c1nc(C(=O)N[C@@H](Cc2ccc(OC(=O)[C@H]3CCCN3)cc2)C[C@H](C)C(=O)O)cs1)C(C)C. The van der Waals surface area contributed by atoms with E-state index in [4.69, 9.17) is 14.2 Å². The highest BCUT2D eigenvalue weighted by Gasteiger charge is 2.39. The zero-order chi connectivity index (χ0) is 47.8. The van der Waals surface area contributed by atoms with E-state index in [2.05, 4.69) is 20.9 Å². The molecule has 2 fully saturated rings. The molecule has 4 rings (SSSR count). The number of ether oxygens (including phenoxy) is 3. The number of benzene rings is 1. The summed E-state index contributed by atoms with van der Waals surface area (Å²) in [5, 5.41) is 20.7. The zero-order valence-electron chi connectivity index (χ0n) is 39.3. The van der Waals surface area contributed by atoms with Crippen LogP contribution in [0.1, 0.15) is 140 Å². The molecule has 3 amide bonds. The number of carbonyl (C=O) groups is 7. The summed E-state index contributed by atoms with van der Waals surface area (Å²) in [5.74, 6) is -4.70. The highest BCUT2D eigenvalue weighted by molar-refractivity contribution is 7.09. The number of piperidine rings is 1. The van der Waals surface area contributed by atoms with E-state index in [-0.39, 0.29) is 72.2 Å². The number of likely N-dealkylation sites (N-methyl/N-ethyl adjacent to an activating group) is 1. The first-order valence-corrected chi connectivity index (χ1v) is 24.0. The number of carboxylic acid groups (broad SMARTS) is 1. The standard InChI is InChI=1S/C47H70N6O11S/c1-9-14-40(55)62-27-53(45(58)41(29(5)10-2)51-43(57)37-16-11-12-22-52(37)8)38(28(3)4)25-39(63-31(7)54)44-50-36(26-65-44)42(56)49-33(23-30(6)46(59)60)24-32-17-19-34(20-18-32)64-47(61)35-15-13-21-48-35/h17-20,26,28-30,33,35,37-39,41,48H,9-16,21-25,27H2,1-8H3,(H,49,56)(H,51,57)(H,59,60)/t29-,30-,33+,35+,37+,38+,39+,41-/m0/s1. The lowest BCUT2D eigenvalue weighted by Gasteiger charge is -2.39. The van der Waals surface area contributed by atoms with Crippen LogP contribution in [0.25, 0.3) is 0 Å². The molecule has 17 nitrogen and oxygen atoms in total. The van der Waals surface area contributed by atoms with E-state index in [0.29, 0.717) is 31.4 Å². The second-order valence-electron chi connectivity index (χ2n) is 17.8. The maximum atomic E-state index is 14.8. The van der Waals surface area contributed by atoms with Gasteiger partial charge in [0, 0.05) is 37.2 Å². The van der Waals surface area contributed by atoms with Gasteiger partial charge in [-0.2, -0.15) is 0 Å². The van der Waals surface area contributed by atoms with Gasteiger partial charge in [0.1, 0.15) is 28.5 Å². The number of hydrogen-bond donors (Lipinski definition) is 4. The summed E-state index contributed by atoms with van der Waals surface area (Å²) in [7, 11) is 1.90. The lowest BCUT2D eigenvalue weighted by atomic mass is 9.92. The number of rotatable bonds is 24. The quantitative estimate of drug-likeness (QED) is 0.0587. The van der Waals surface area contributed by atoms with E-state index in [0.717, 1.165) is 49.3 Å². The molecule has 0 spiro atoms. The maximum absolute atomic E-state index is 14.8. The third-order valence-electron chi connectivity index (χ3n) is 12.3. The first kappa shape index (κ1) is 52.7. The van der Waals surface area contributed by atoms with Gasteiger partial charge in [0.15, 0.2) is 12.8 Å². The topological polar surface area (TPSA) is 223 Å². The Labute approximate surface area is 387 Å². The Balaban J connectivity index is 1.58. The van der Waals surface area contributed by atoms with Crippen molar-refractivity contribution in [3.05, 3.63) is 45.9 Å². The van der Waals surface area contributed by atoms with E-state index in [1.165, 1.54) is 17.2 Å². The molecule has 65 heavy (non-hydrogen) atoms. The minimum atomic E-state index is -1.03. The molecule has 8 atom stereocenters. The maximum Gasteiger partial charge on any atom is 0.328 e. The Morgan fingerprint density at radius 3 is 2.31 bits per heavy atom. The molecule has 2 aliphatic heterocycles. The number of thiazole rings is 1. The Morgan fingerprint density at radius 1 is 0.985 bits per heavy atom. The van der Waals surface area contributed by atoms with Crippen LogP contribution in [0.3, 0.4) is 0 Å². The molecular weight excluding hydrogens is 857 g/mol. The number of hydrogen-bond acceptors (Lipinski definition) is 14. The van der Waals surface area contributed by atoms with Crippen molar-refractivity contribution in [1.29, 1.82) is 0 Å². The zero-order valence-corrected chi connectivity index (χ0v) is 40.1. The minimum absolute atomic E-state index is 0.0210. The number of likely N-dealkylation sites (tertiary alicyclic amines) is 1. The average Bonchev–Trinajstić information content (AvgIpc) is 3.99. The van der Waals surface area contributed by atoms with Gasteiger partial charge in [-0.1, -0.05) is 66.5 Å². The molecule has 4 N–H and O–H groups in total. The van der Waals surface area contributed by atoms with Crippen LogP contribution in [0.2, 0.25) is 0 Å². The summed E-state index contributed by atoms with van der Waals surface area (Å²) in [5.41, 5.74) is 0.795. The van der Waals surface area contributed by atoms with Gasteiger partial charge < -0.3 is 40.2 Å². The molecule has 1 aromatic carbocycles. The van der Waals surface area contributed by atoms with Crippen LogP contribution in [0, 0.1) is 17.8 Å². The van der Waals surface area contributed by atoms with Crippen LogP contribution in [-0.4, -0.2) is 119 Å². The van der Waals surface area contributed by atoms with Gasteiger partial charge >= 0.3 is 23.9 Å². The summed E-state index contributed by atoms with van der Waals surface area (Å²) in [4.78, 5) is 100. The van der Waals surface area contributed by atoms with E-state index >= 15 is 0 Å². The highest BCUT2D eigenvalue weighted by atomic mass is 32.1. The molecule has 2 aromatic rings. The number of aliphatic carboxylic acids is 1. The number of amides is 3. The predicted octanol–water partition coefficient (Wildman–Crippen LogP) is 5.42. The fourth-order valence-electron chi connectivity index (χ4n) is 8.21. The summed E-state index contributed by atoms with van der Waals surface area (Å²) in [6.07, 6.45) is 4.79. The summed E-state index contributed by atoms with van der Waals surface area (Å²) in [6.45, 7) is 13.4. The minimum Gasteiger partial charge on any atom is -0.481 e. The molecule has 2 saturated heterocycles. The summed E-state index contributed by atoms with van der Waals surface area (Å²) >= 11 is 1.09. The van der Waals surface area contributed by atoms with Crippen molar-refractivity contribution < 1.29 is 52.9 Å². The van der Waals surface area contributed by atoms with Gasteiger partial charge in [0.2, 0.25) is 11.8 Å². The summed E-state index contributed by atoms with van der Waals surface area (Å²) in [6, 6.07) is 3.85. The number of carboxylic acids is 1. The number of carbonyl (C=O) groups excluding carboxylic acids is 6. The number of aromatic nitrogens is 1. The molecule has 0 aliphatic carbocycles. The van der Waals surface area contributed by atoms with Crippen LogP contribution >= 0.6 is 11.3 Å². The molecule has 0 bridgehead atoms. The number of nitrogens with one attached hydrogen (secondary N) is 3. The largest absolute Gasteiger partial charge is 0.481 e. The van der Waals surface area contributed by atoms with Crippen molar-refractivity contribution in [2.24, 2.45) is 17.8 Å². The van der Waals surface area contributed by atoms with Crippen molar-refractivity contribution >= 4 is 52.9 Å². The van der Waals surface area contributed by atoms with E-state index in [9.17, 15) is 38.7 Å². The van der Waals surface area contributed by atoms with Gasteiger partial charge in [0.05, 0.1) is 12.0 Å². The van der Waals surface area contributed by atoms with E-state index < -0.39 is 66.6 Å². The molecular formula is C47H70N6O11S. The molecule has 0 unspecified atom stereocenters. The predicted molar refractivity (Wildman–Crippen MR) is 244 cm³/mol. The lowest BCUT2D eigenvalue weighted by molar-refractivity contribution is -0.160. The Hall–Kier alpha value is -4.94. The van der Waals surface area contributed by atoms with E-state index in [1.54, 1.807) is 31.2 Å². The first-order valence-electron chi connectivity index (χ1n) is 23.1. The second kappa shape index (κ2) is 25.7. The van der Waals surface area contributed by atoms with E-state index in [1.807, 2.05) is 46.6 Å². The van der Waals surface area contributed by atoms with Gasteiger partial charge in [-0.05, 0) is 94.6 Å². The second-order valence-corrected chi connectivity index (χ2v) is 18.7. The molecule has 1 aromatic heterocycles. The van der Waals surface area contributed by atoms with Gasteiger partial charge in [-0.3, -0.25) is 33.7 Å². The van der Waals surface area contributed by atoms with Crippen LogP contribution < -0.4 is 20.7 Å². The Bertz CT molecular complexity index is 1920. The van der Waals surface area contributed by atoms with Crippen molar-refractivity contribution in [2.75, 3.05) is 26.9 Å². The van der Waals surface area contributed by atoms with Crippen LogP contribution in [-0.2, 0) is 44.7 Å². The van der Waals surface area contributed by atoms with Gasteiger partial charge in [-0.15, -0.1) is 11.3 Å². The third-order valence-corrected chi connectivity index (χ3v) is 13.2. The highest BCUT2D eigenvalue weighted by Crippen LogP contribution is 2.32. The van der Waals surface area contributed by atoms with Crippen LogP contribution in [0.4, 0.5) is 0 Å². The summed E-state index contributed by atoms with van der Waals surface area (Å²) < 4.78 is 17.1. The Kier molecular flexibility index (Phi) is 20.8.